The van der Waals surface area contributed by atoms with Gasteiger partial charge in [0.25, 0.3) is 5.91 Å². The van der Waals surface area contributed by atoms with E-state index >= 15 is 0 Å². The number of hydrogen-bond donors (Lipinski definition) is 0. The number of hydrogen-bond acceptors (Lipinski definition) is 6. The van der Waals surface area contributed by atoms with Crippen LogP contribution in [0.25, 0.3) is 0 Å². The van der Waals surface area contributed by atoms with Crippen LogP contribution in [0.1, 0.15) is 42.5 Å². The maximum Gasteiger partial charge on any atom is 0.254 e. The van der Waals surface area contributed by atoms with Gasteiger partial charge in [-0.25, -0.2) is 16.8 Å². The van der Waals surface area contributed by atoms with E-state index in [-0.39, 0.29) is 34.0 Å². The first-order valence-corrected chi connectivity index (χ1v) is 13.8. The van der Waals surface area contributed by atoms with E-state index in [9.17, 15) is 21.6 Å². The van der Waals surface area contributed by atoms with Gasteiger partial charge in [-0.1, -0.05) is 6.07 Å². The van der Waals surface area contributed by atoms with Crippen LogP contribution >= 0.6 is 0 Å². The van der Waals surface area contributed by atoms with Gasteiger partial charge in [0.2, 0.25) is 10.0 Å². The molecule has 4 rings (SSSR count). The van der Waals surface area contributed by atoms with Crippen molar-refractivity contribution >= 4 is 25.8 Å². The molecule has 166 valence electrons. The van der Waals surface area contributed by atoms with E-state index in [1.54, 1.807) is 17.0 Å². The molecule has 0 saturated carbocycles. The van der Waals surface area contributed by atoms with E-state index in [1.165, 1.54) is 16.4 Å². The average Bonchev–Trinajstić information content (AvgIpc) is 3.48. The summed E-state index contributed by atoms with van der Waals surface area (Å²) in [6.45, 7) is 1.94. The van der Waals surface area contributed by atoms with Gasteiger partial charge in [-0.05, 0) is 50.3 Å². The zero-order chi connectivity index (χ0) is 21.4. The van der Waals surface area contributed by atoms with Gasteiger partial charge in [-0.2, -0.15) is 4.31 Å². The SMILES string of the molecule is O=C(c1cccc(S(=O)(=O)N2CCCC2)c1)N(C[C@@H]1CCCO1)[C@H]1CCS(=O)(=O)C1. The highest BCUT2D eigenvalue weighted by molar-refractivity contribution is 7.91. The van der Waals surface area contributed by atoms with E-state index in [0.717, 1.165) is 25.7 Å². The molecular weight excluding hydrogens is 428 g/mol. The molecule has 0 bridgehead atoms. The summed E-state index contributed by atoms with van der Waals surface area (Å²) in [5.74, 6) is -0.334. The molecule has 8 nitrogen and oxygen atoms in total. The molecule has 3 aliphatic rings. The minimum atomic E-state index is -3.64. The third kappa shape index (κ3) is 4.56. The van der Waals surface area contributed by atoms with Crippen LogP contribution in [0.5, 0.6) is 0 Å². The number of rotatable bonds is 6. The Bertz CT molecular complexity index is 996. The Morgan fingerprint density at radius 3 is 2.57 bits per heavy atom. The lowest BCUT2D eigenvalue weighted by Crippen LogP contribution is -2.45. The third-order valence-electron chi connectivity index (χ3n) is 6.12. The van der Waals surface area contributed by atoms with Gasteiger partial charge in [0, 0.05) is 37.8 Å². The van der Waals surface area contributed by atoms with E-state index in [0.29, 0.717) is 32.7 Å². The van der Waals surface area contributed by atoms with Crippen molar-refractivity contribution in [3.8, 4) is 0 Å². The van der Waals surface area contributed by atoms with Crippen molar-refractivity contribution in [3.63, 3.8) is 0 Å². The van der Waals surface area contributed by atoms with E-state index < -0.39 is 25.9 Å². The second-order valence-corrected chi connectivity index (χ2v) is 12.5. The van der Waals surface area contributed by atoms with Crippen LogP contribution in [0.3, 0.4) is 0 Å². The maximum absolute atomic E-state index is 13.4. The van der Waals surface area contributed by atoms with Gasteiger partial charge in [0.05, 0.1) is 22.5 Å². The highest BCUT2D eigenvalue weighted by Crippen LogP contribution is 2.25. The fraction of sp³-hybridized carbons (Fsp3) is 0.650. The van der Waals surface area contributed by atoms with Gasteiger partial charge >= 0.3 is 0 Å². The predicted octanol–water partition coefficient (Wildman–Crippen LogP) is 1.28. The van der Waals surface area contributed by atoms with Gasteiger partial charge in [-0.15, -0.1) is 0 Å². The molecule has 10 heteroatoms. The Morgan fingerprint density at radius 2 is 1.93 bits per heavy atom. The molecule has 3 aliphatic heterocycles. The standard InChI is InChI=1S/C20H28N2O6S2/c23-20(16-5-3-7-19(13-16)30(26,27)21-9-1-2-10-21)22(14-18-6-4-11-28-18)17-8-12-29(24,25)15-17/h3,5,7,13,17-18H,1-2,4,6,8-12,14-15H2/t17-,18-/m0/s1. The zero-order valence-corrected chi connectivity index (χ0v) is 18.5. The molecule has 0 radical (unpaired) electrons. The maximum atomic E-state index is 13.4. The van der Waals surface area contributed by atoms with Gasteiger partial charge in [0.15, 0.2) is 9.84 Å². The summed E-state index contributed by atoms with van der Waals surface area (Å²) in [7, 11) is -6.81. The van der Waals surface area contributed by atoms with Crippen LogP contribution in [0.4, 0.5) is 0 Å². The number of carbonyl (C=O) groups is 1. The number of sulfonamides is 1. The van der Waals surface area contributed by atoms with Crippen molar-refractivity contribution in [3.05, 3.63) is 29.8 Å². The average molecular weight is 457 g/mol. The second-order valence-electron chi connectivity index (χ2n) is 8.29. The van der Waals surface area contributed by atoms with Crippen LogP contribution in [-0.4, -0.2) is 81.8 Å². The summed E-state index contributed by atoms with van der Waals surface area (Å²) in [5.41, 5.74) is 0.262. The highest BCUT2D eigenvalue weighted by Gasteiger charge is 2.37. The molecule has 0 spiro atoms. The Balaban J connectivity index is 1.60. The van der Waals surface area contributed by atoms with E-state index in [1.807, 2.05) is 0 Å². The summed E-state index contributed by atoms with van der Waals surface area (Å²) in [6.07, 6.45) is 3.69. The molecule has 3 fully saturated rings. The third-order valence-corrected chi connectivity index (χ3v) is 9.76. The van der Waals surface area contributed by atoms with Crippen molar-refractivity contribution in [2.75, 3.05) is 37.7 Å². The normalized spacial score (nSPS) is 26.8. The summed E-state index contributed by atoms with van der Waals surface area (Å²) in [4.78, 5) is 15.1. The first-order chi connectivity index (χ1) is 14.3. The van der Waals surface area contributed by atoms with Crippen molar-refractivity contribution in [1.29, 1.82) is 0 Å². The zero-order valence-electron chi connectivity index (χ0n) is 16.9. The van der Waals surface area contributed by atoms with E-state index in [4.69, 9.17) is 4.74 Å². The van der Waals surface area contributed by atoms with Gasteiger partial charge in [0.1, 0.15) is 0 Å². The number of ether oxygens (including phenoxy) is 1. The van der Waals surface area contributed by atoms with Crippen LogP contribution in [0, 0.1) is 0 Å². The van der Waals surface area contributed by atoms with Crippen LogP contribution in [-0.2, 0) is 24.6 Å². The molecule has 0 unspecified atom stereocenters. The van der Waals surface area contributed by atoms with Crippen LogP contribution in [0.2, 0.25) is 0 Å². The molecule has 1 amide bonds. The van der Waals surface area contributed by atoms with E-state index in [2.05, 4.69) is 0 Å². The molecular formula is C20H28N2O6S2. The predicted molar refractivity (Wildman–Crippen MR) is 112 cm³/mol. The number of benzene rings is 1. The number of carbonyl (C=O) groups excluding carboxylic acids is 1. The molecule has 3 heterocycles. The Morgan fingerprint density at radius 1 is 1.17 bits per heavy atom. The summed E-state index contributed by atoms with van der Waals surface area (Å²) in [6, 6.07) is 5.69. The second kappa shape index (κ2) is 8.57. The number of sulfone groups is 1. The molecule has 1 aromatic carbocycles. The Kier molecular flexibility index (Phi) is 6.20. The number of nitrogens with zero attached hydrogens (tertiary/aromatic N) is 2. The topological polar surface area (TPSA) is 101 Å². The lowest BCUT2D eigenvalue weighted by atomic mass is 10.1. The largest absolute Gasteiger partial charge is 0.376 e. The minimum absolute atomic E-state index is 0.0583. The Hall–Kier alpha value is -1.49. The summed E-state index contributed by atoms with van der Waals surface area (Å²) < 4.78 is 57.0. The first kappa shape index (κ1) is 21.7. The van der Waals surface area contributed by atoms with Crippen molar-refractivity contribution in [2.45, 2.75) is 49.1 Å². The van der Waals surface area contributed by atoms with Crippen LogP contribution < -0.4 is 0 Å². The molecule has 0 aromatic heterocycles. The van der Waals surface area contributed by atoms with Crippen molar-refractivity contribution in [2.24, 2.45) is 0 Å². The van der Waals surface area contributed by atoms with Crippen molar-refractivity contribution in [1.82, 2.24) is 9.21 Å². The monoisotopic (exact) mass is 456 g/mol. The minimum Gasteiger partial charge on any atom is -0.376 e. The summed E-state index contributed by atoms with van der Waals surface area (Å²) in [5, 5.41) is 0. The van der Waals surface area contributed by atoms with Crippen molar-refractivity contribution < 1.29 is 26.4 Å². The molecule has 3 saturated heterocycles. The molecule has 0 aliphatic carbocycles. The lowest BCUT2D eigenvalue weighted by molar-refractivity contribution is 0.0441. The Labute approximate surface area is 178 Å². The quantitative estimate of drug-likeness (QED) is 0.639. The number of amides is 1. The molecule has 30 heavy (non-hydrogen) atoms. The highest BCUT2D eigenvalue weighted by atomic mass is 32.2. The fourth-order valence-corrected chi connectivity index (χ4v) is 7.75. The smallest absolute Gasteiger partial charge is 0.254 e. The first-order valence-electron chi connectivity index (χ1n) is 10.5. The fourth-order valence-electron chi connectivity index (χ4n) is 4.46. The van der Waals surface area contributed by atoms with Gasteiger partial charge in [-0.3, -0.25) is 4.79 Å². The summed E-state index contributed by atoms with van der Waals surface area (Å²) >= 11 is 0. The van der Waals surface area contributed by atoms with Gasteiger partial charge < -0.3 is 9.64 Å². The van der Waals surface area contributed by atoms with Crippen LogP contribution in [0.15, 0.2) is 29.2 Å². The lowest BCUT2D eigenvalue weighted by Gasteiger charge is -2.30. The molecule has 0 N–H and O–H groups in total. The molecule has 2 atom stereocenters. The molecule has 1 aromatic rings.